The van der Waals surface area contributed by atoms with Crippen LogP contribution in [0.2, 0.25) is 5.02 Å². The molecule has 1 aromatic rings. The van der Waals surface area contributed by atoms with Crippen LogP contribution in [0.3, 0.4) is 0 Å². The molecular formula is C11H14ClF2N. The molecule has 0 fully saturated rings. The van der Waals surface area contributed by atoms with Crippen molar-refractivity contribution in [2.45, 2.75) is 25.4 Å². The highest BCUT2D eigenvalue weighted by atomic mass is 35.5. The van der Waals surface area contributed by atoms with E-state index in [2.05, 4.69) is 0 Å². The van der Waals surface area contributed by atoms with Gasteiger partial charge in [0.05, 0.1) is 5.02 Å². The Hall–Kier alpha value is -0.670. The SMILES string of the molecule is CCC(F)(CN)Cc1cccc(F)c1Cl. The summed E-state index contributed by atoms with van der Waals surface area (Å²) in [5.74, 6) is -0.523. The van der Waals surface area contributed by atoms with Crippen LogP contribution in [-0.4, -0.2) is 12.2 Å². The number of benzene rings is 1. The Bertz CT molecular complexity index is 337. The summed E-state index contributed by atoms with van der Waals surface area (Å²) >= 11 is 5.73. The van der Waals surface area contributed by atoms with Gasteiger partial charge in [-0.05, 0) is 18.1 Å². The van der Waals surface area contributed by atoms with E-state index in [1.54, 1.807) is 13.0 Å². The molecule has 0 saturated heterocycles. The van der Waals surface area contributed by atoms with Gasteiger partial charge in [0.25, 0.3) is 0 Å². The molecular weight excluding hydrogens is 220 g/mol. The summed E-state index contributed by atoms with van der Waals surface area (Å²) in [4.78, 5) is 0. The van der Waals surface area contributed by atoms with Crippen molar-refractivity contribution >= 4 is 11.6 Å². The summed E-state index contributed by atoms with van der Waals surface area (Å²) < 4.78 is 27.0. The summed E-state index contributed by atoms with van der Waals surface area (Å²) in [6.07, 6.45) is 0.340. The molecule has 0 bridgehead atoms. The largest absolute Gasteiger partial charge is 0.328 e. The van der Waals surface area contributed by atoms with Gasteiger partial charge in [0.1, 0.15) is 11.5 Å². The lowest BCUT2D eigenvalue weighted by atomic mass is 9.94. The molecule has 0 aliphatic heterocycles. The zero-order chi connectivity index (χ0) is 11.5. The van der Waals surface area contributed by atoms with E-state index in [4.69, 9.17) is 17.3 Å². The van der Waals surface area contributed by atoms with E-state index in [0.29, 0.717) is 5.56 Å². The van der Waals surface area contributed by atoms with Crippen molar-refractivity contribution in [3.63, 3.8) is 0 Å². The molecule has 0 spiro atoms. The number of hydrogen-bond donors (Lipinski definition) is 1. The van der Waals surface area contributed by atoms with E-state index >= 15 is 0 Å². The van der Waals surface area contributed by atoms with Gasteiger partial charge >= 0.3 is 0 Å². The maximum absolute atomic E-state index is 13.9. The van der Waals surface area contributed by atoms with Gasteiger partial charge in [-0.1, -0.05) is 30.7 Å². The molecule has 1 atom stereocenters. The topological polar surface area (TPSA) is 26.0 Å². The molecule has 1 nitrogen and oxygen atoms in total. The van der Waals surface area contributed by atoms with Crippen molar-refractivity contribution in [1.29, 1.82) is 0 Å². The second-order valence-electron chi connectivity index (χ2n) is 3.60. The molecule has 4 heteroatoms. The highest BCUT2D eigenvalue weighted by Gasteiger charge is 2.27. The standard InChI is InChI=1S/C11H14ClF2N/c1-2-11(14,7-15)6-8-4-3-5-9(13)10(8)12/h3-5H,2,6-7,15H2,1H3. The summed E-state index contributed by atoms with van der Waals surface area (Å²) in [5, 5.41) is -0.0126. The Kier molecular flexibility index (Phi) is 4.05. The van der Waals surface area contributed by atoms with Gasteiger partial charge in [-0.2, -0.15) is 0 Å². The zero-order valence-electron chi connectivity index (χ0n) is 8.56. The summed E-state index contributed by atoms with van der Waals surface area (Å²) in [6.45, 7) is 1.62. The second kappa shape index (κ2) is 4.90. The minimum Gasteiger partial charge on any atom is -0.328 e. The first-order chi connectivity index (χ1) is 7.02. The first-order valence-electron chi connectivity index (χ1n) is 4.84. The van der Waals surface area contributed by atoms with Crippen LogP contribution in [0.5, 0.6) is 0 Å². The molecule has 0 aliphatic carbocycles. The van der Waals surface area contributed by atoms with Crippen molar-refractivity contribution in [1.82, 2.24) is 0 Å². The van der Waals surface area contributed by atoms with E-state index in [-0.39, 0.29) is 24.4 Å². The first kappa shape index (κ1) is 12.4. The molecule has 15 heavy (non-hydrogen) atoms. The van der Waals surface area contributed by atoms with Crippen molar-refractivity contribution in [2.24, 2.45) is 5.73 Å². The van der Waals surface area contributed by atoms with E-state index in [9.17, 15) is 8.78 Å². The number of halogens is 3. The maximum atomic E-state index is 13.9. The highest BCUT2D eigenvalue weighted by molar-refractivity contribution is 6.31. The van der Waals surface area contributed by atoms with E-state index < -0.39 is 11.5 Å². The fourth-order valence-corrected chi connectivity index (χ4v) is 1.56. The van der Waals surface area contributed by atoms with Crippen molar-refractivity contribution in [3.8, 4) is 0 Å². The van der Waals surface area contributed by atoms with Crippen molar-refractivity contribution in [3.05, 3.63) is 34.6 Å². The van der Waals surface area contributed by atoms with Gasteiger partial charge in [0.2, 0.25) is 0 Å². The Morgan fingerprint density at radius 1 is 1.47 bits per heavy atom. The van der Waals surface area contributed by atoms with Crippen LogP contribution >= 0.6 is 11.6 Å². The van der Waals surface area contributed by atoms with Crippen LogP contribution in [0, 0.1) is 5.82 Å². The van der Waals surface area contributed by atoms with Crippen LogP contribution in [0.4, 0.5) is 8.78 Å². The minimum absolute atomic E-state index is 0.0126. The number of rotatable bonds is 4. The van der Waals surface area contributed by atoms with Crippen LogP contribution < -0.4 is 5.73 Å². The van der Waals surface area contributed by atoms with Crippen LogP contribution in [0.1, 0.15) is 18.9 Å². The van der Waals surface area contributed by atoms with E-state index in [0.717, 1.165) is 0 Å². The lowest BCUT2D eigenvalue weighted by Crippen LogP contribution is -2.34. The van der Waals surface area contributed by atoms with Crippen LogP contribution in [-0.2, 0) is 6.42 Å². The normalized spacial score (nSPS) is 15.0. The fourth-order valence-electron chi connectivity index (χ4n) is 1.37. The van der Waals surface area contributed by atoms with Gasteiger partial charge in [-0.15, -0.1) is 0 Å². The third kappa shape index (κ3) is 2.89. The minimum atomic E-state index is -1.50. The molecule has 1 aromatic carbocycles. The zero-order valence-corrected chi connectivity index (χ0v) is 9.32. The van der Waals surface area contributed by atoms with Crippen LogP contribution in [0.15, 0.2) is 18.2 Å². The van der Waals surface area contributed by atoms with Gasteiger partial charge in [0.15, 0.2) is 0 Å². The second-order valence-corrected chi connectivity index (χ2v) is 3.98. The molecule has 0 saturated carbocycles. The number of nitrogens with two attached hydrogens (primary N) is 1. The van der Waals surface area contributed by atoms with Crippen LogP contribution in [0.25, 0.3) is 0 Å². The highest BCUT2D eigenvalue weighted by Crippen LogP contribution is 2.27. The molecule has 1 rings (SSSR count). The smallest absolute Gasteiger partial charge is 0.142 e. The average Bonchev–Trinajstić information content (AvgIpc) is 2.25. The van der Waals surface area contributed by atoms with Crippen molar-refractivity contribution < 1.29 is 8.78 Å². The fraction of sp³-hybridized carbons (Fsp3) is 0.455. The van der Waals surface area contributed by atoms with Gasteiger partial charge in [-0.3, -0.25) is 0 Å². The molecule has 2 N–H and O–H groups in total. The molecule has 1 unspecified atom stereocenters. The molecule has 0 aliphatic rings. The maximum Gasteiger partial charge on any atom is 0.142 e. The summed E-state index contributed by atoms with van der Waals surface area (Å²) in [5.41, 5.74) is 4.30. The Labute approximate surface area is 93.2 Å². The summed E-state index contributed by atoms with van der Waals surface area (Å²) in [6, 6.07) is 4.38. The Balaban J connectivity index is 2.94. The van der Waals surface area contributed by atoms with Gasteiger partial charge in [0, 0.05) is 13.0 Å². The van der Waals surface area contributed by atoms with E-state index in [1.807, 2.05) is 0 Å². The molecule has 0 heterocycles. The Morgan fingerprint density at radius 2 is 2.13 bits per heavy atom. The molecule has 0 aromatic heterocycles. The number of hydrogen-bond acceptors (Lipinski definition) is 1. The average molecular weight is 234 g/mol. The summed E-state index contributed by atoms with van der Waals surface area (Å²) in [7, 11) is 0. The van der Waals surface area contributed by atoms with Gasteiger partial charge in [-0.25, -0.2) is 8.78 Å². The lowest BCUT2D eigenvalue weighted by molar-refractivity contribution is 0.167. The number of alkyl halides is 1. The third-order valence-corrected chi connectivity index (χ3v) is 2.96. The Morgan fingerprint density at radius 3 is 2.67 bits per heavy atom. The first-order valence-corrected chi connectivity index (χ1v) is 5.22. The van der Waals surface area contributed by atoms with E-state index in [1.165, 1.54) is 12.1 Å². The quantitative estimate of drug-likeness (QED) is 0.850. The predicted molar refractivity (Wildman–Crippen MR) is 58.3 cm³/mol. The molecule has 0 radical (unpaired) electrons. The lowest BCUT2D eigenvalue weighted by Gasteiger charge is -2.22. The molecule has 84 valence electrons. The molecule has 0 amide bonds. The monoisotopic (exact) mass is 233 g/mol. The van der Waals surface area contributed by atoms with Crippen molar-refractivity contribution in [2.75, 3.05) is 6.54 Å². The predicted octanol–water partition coefficient (Wildman–Crippen LogP) is 3.10. The third-order valence-electron chi connectivity index (χ3n) is 2.54. The van der Waals surface area contributed by atoms with Gasteiger partial charge < -0.3 is 5.73 Å².